The molecule has 0 bridgehead atoms. The lowest BCUT2D eigenvalue weighted by atomic mass is 10.0. The summed E-state index contributed by atoms with van der Waals surface area (Å²) in [4.78, 5) is 36.7. The molecule has 134 valence electrons. The van der Waals surface area contributed by atoms with Gasteiger partial charge in [0.1, 0.15) is 12.6 Å². The number of esters is 1. The quantitative estimate of drug-likeness (QED) is 0.634. The molecule has 3 rings (SSSR count). The molecule has 0 radical (unpaired) electrons. The molecular weight excluding hydrogens is 332 g/mol. The average molecular weight is 352 g/mol. The second-order valence-electron chi connectivity index (χ2n) is 6.16. The van der Waals surface area contributed by atoms with E-state index >= 15 is 0 Å². The molecule has 2 aromatic rings. The fraction of sp³-hybridized carbons (Fsp3) is 0.250. The maximum atomic E-state index is 12.4. The minimum absolute atomic E-state index is 0.134. The molecule has 1 heterocycles. The molecule has 1 atom stereocenters. The number of carbonyl (C=O) groups is 3. The van der Waals surface area contributed by atoms with Gasteiger partial charge in [0, 0.05) is 6.92 Å². The van der Waals surface area contributed by atoms with E-state index in [2.05, 4.69) is 5.32 Å². The van der Waals surface area contributed by atoms with Gasteiger partial charge in [-0.25, -0.2) is 0 Å². The van der Waals surface area contributed by atoms with E-state index in [0.717, 1.165) is 11.1 Å². The smallest absolute Gasteiger partial charge is 0.326 e. The molecule has 1 saturated heterocycles. The van der Waals surface area contributed by atoms with E-state index in [-0.39, 0.29) is 18.4 Å². The van der Waals surface area contributed by atoms with Gasteiger partial charge in [-0.1, -0.05) is 60.7 Å². The molecule has 0 saturated carbocycles. The molecule has 1 fully saturated rings. The van der Waals surface area contributed by atoms with E-state index in [9.17, 15) is 14.4 Å². The summed E-state index contributed by atoms with van der Waals surface area (Å²) >= 11 is 0. The summed E-state index contributed by atoms with van der Waals surface area (Å²) in [6, 6.07) is 18.4. The van der Waals surface area contributed by atoms with E-state index in [1.165, 1.54) is 11.8 Å². The first-order chi connectivity index (χ1) is 12.5. The van der Waals surface area contributed by atoms with Crippen LogP contribution in [0.1, 0.15) is 24.2 Å². The van der Waals surface area contributed by atoms with Gasteiger partial charge in [-0.2, -0.15) is 0 Å². The Bertz CT molecular complexity index is 752. The van der Waals surface area contributed by atoms with Gasteiger partial charge < -0.3 is 15.0 Å². The highest BCUT2D eigenvalue weighted by Crippen LogP contribution is 2.26. The molecule has 1 aliphatic heterocycles. The van der Waals surface area contributed by atoms with Gasteiger partial charge in [0.15, 0.2) is 6.10 Å². The van der Waals surface area contributed by atoms with Gasteiger partial charge in [-0.3, -0.25) is 14.4 Å². The third kappa shape index (κ3) is 4.08. The predicted octanol–water partition coefficient (Wildman–Crippen LogP) is 1.67. The van der Waals surface area contributed by atoms with Crippen LogP contribution in [0.3, 0.4) is 0 Å². The maximum absolute atomic E-state index is 12.4. The highest BCUT2D eigenvalue weighted by Gasteiger charge is 2.38. The Morgan fingerprint density at radius 2 is 1.62 bits per heavy atom. The van der Waals surface area contributed by atoms with Crippen LogP contribution < -0.4 is 5.32 Å². The van der Waals surface area contributed by atoms with Crippen molar-refractivity contribution < 1.29 is 19.1 Å². The second-order valence-corrected chi connectivity index (χ2v) is 6.16. The number of benzene rings is 2. The number of likely N-dealkylation sites (tertiary alicyclic amines) is 1. The lowest BCUT2D eigenvalue weighted by molar-refractivity contribution is -0.158. The standard InChI is InChI=1S/C20H20N2O4/c1-14(23)21-17-12-22(20(17)25)13-18(24)26-19(15-8-4-2-5-9-15)16-10-6-3-7-11-16/h2-11,17,19H,12-13H2,1H3,(H,21,23). The fourth-order valence-corrected chi connectivity index (χ4v) is 2.90. The molecule has 26 heavy (non-hydrogen) atoms. The van der Waals surface area contributed by atoms with Crippen molar-refractivity contribution in [3.8, 4) is 0 Å². The van der Waals surface area contributed by atoms with Crippen LogP contribution in [-0.4, -0.2) is 41.8 Å². The number of amides is 2. The first-order valence-electron chi connectivity index (χ1n) is 8.40. The number of nitrogens with one attached hydrogen (secondary N) is 1. The molecule has 0 aliphatic carbocycles. The monoisotopic (exact) mass is 352 g/mol. The van der Waals surface area contributed by atoms with Crippen molar-refractivity contribution in [1.82, 2.24) is 10.2 Å². The Hall–Kier alpha value is -3.15. The highest BCUT2D eigenvalue weighted by atomic mass is 16.5. The molecule has 1 N–H and O–H groups in total. The van der Waals surface area contributed by atoms with Crippen molar-refractivity contribution >= 4 is 17.8 Å². The largest absolute Gasteiger partial charge is 0.451 e. The molecule has 1 unspecified atom stereocenters. The summed E-state index contributed by atoms with van der Waals surface area (Å²) < 4.78 is 5.67. The molecule has 6 heteroatoms. The number of ether oxygens (including phenoxy) is 1. The molecule has 2 aromatic carbocycles. The fourth-order valence-electron chi connectivity index (χ4n) is 2.90. The summed E-state index contributed by atoms with van der Waals surface area (Å²) in [5.41, 5.74) is 1.72. The molecule has 2 amide bonds. The second kappa shape index (κ2) is 7.82. The average Bonchev–Trinajstić information content (AvgIpc) is 2.66. The van der Waals surface area contributed by atoms with Crippen LogP contribution in [0, 0.1) is 0 Å². The van der Waals surface area contributed by atoms with E-state index in [4.69, 9.17) is 4.74 Å². The van der Waals surface area contributed by atoms with Gasteiger partial charge in [-0.15, -0.1) is 0 Å². The summed E-state index contributed by atoms with van der Waals surface area (Å²) in [5, 5.41) is 2.54. The zero-order chi connectivity index (χ0) is 18.5. The zero-order valence-electron chi connectivity index (χ0n) is 14.4. The van der Waals surface area contributed by atoms with E-state index in [0.29, 0.717) is 6.54 Å². The number of hydrogen-bond donors (Lipinski definition) is 1. The number of nitrogens with zero attached hydrogens (tertiary/aromatic N) is 1. The third-order valence-corrected chi connectivity index (χ3v) is 4.16. The highest BCUT2D eigenvalue weighted by molar-refractivity contribution is 5.94. The lowest BCUT2D eigenvalue weighted by Crippen LogP contribution is -2.64. The summed E-state index contributed by atoms with van der Waals surface area (Å²) in [6.07, 6.45) is -0.535. The van der Waals surface area contributed by atoms with E-state index in [1.807, 2.05) is 60.7 Å². The van der Waals surface area contributed by atoms with E-state index in [1.54, 1.807) is 0 Å². The van der Waals surface area contributed by atoms with Crippen LogP contribution in [-0.2, 0) is 19.1 Å². The summed E-state index contributed by atoms with van der Waals surface area (Å²) in [5.74, 6) is -1.02. The van der Waals surface area contributed by atoms with Gasteiger partial charge in [0.2, 0.25) is 11.8 Å². The Kier molecular flexibility index (Phi) is 5.31. The normalized spacial score (nSPS) is 16.2. The van der Waals surface area contributed by atoms with Crippen LogP contribution in [0.15, 0.2) is 60.7 Å². The number of β-lactam (4-membered cyclic amide) rings is 1. The number of carbonyl (C=O) groups excluding carboxylic acids is 3. The Morgan fingerprint density at radius 3 is 2.08 bits per heavy atom. The van der Waals surface area contributed by atoms with Crippen LogP contribution in [0.4, 0.5) is 0 Å². The van der Waals surface area contributed by atoms with Crippen molar-refractivity contribution in [1.29, 1.82) is 0 Å². The van der Waals surface area contributed by atoms with Crippen molar-refractivity contribution in [3.63, 3.8) is 0 Å². The van der Waals surface area contributed by atoms with Gasteiger partial charge in [0.25, 0.3) is 0 Å². The van der Waals surface area contributed by atoms with Crippen LogP contribution >= 0.6 is 0 Å². The number of rotatable bonds is 6. The molecule has 6 nitrogen and oxygen atoms in total. The third-order valence-electron chi connectivity index (χ3n) is 4.16. The van der Waals surface area contributed by atoms with Crippen molar-refractivity contribution in [2.24, 2.45) is 0 Å². The van der Waals surface area contributed by atoms with E-state index < -0.39 is 18.1 Å². The SMILES string of the molecule is CC(=O)NC1CN(CC(=O)OC(c2ccccc2)c2ccccc2)C1=O. The van der Waals surface area contributed by atoms with Gasteiger partial charge >= 0.3 is 5.97 Å². The minimum Gasteiger partial charge on any atom is -0.451 e. The van der Waals surface area contributed by atoms with Crippen molar-refractivity contribution in [2.75, 3.05) is 13.1 Å². The first-order valence-corrected chi connectivity index (χ1v) is 8.40. The Morgan fingerprint density at radius 1 is 1.08 bits per heavy atom. The molecule has 0 aromatic heterocycles. The minimum atomic E-state index is -0.542. The first kappa shape index (κ1) is 17.7. The Labute approximate surface area is 151 Å². The zero-order valence-corrected chi connectivity index (χ0v) is 14.4. The lowest BCUT2D eigenvalue weighted by Gasteiger charge is -2.37. The van der Waals surface area contributed by atoms with Crippen LogP contribution in [0.25, 0.3) is 0 Å². The van der Waals surface area contributed by atoms with Crippen LogP contribution in [0.5, 0.6) is 0 Å². The predicted molar refractivity (Wildman–Crippen MR) is 95.0 cm³/mol. The molecule has 1 aliphatic rings. The van der Waals surface area contributed by atoms with Crippen molar-refractivity contribution in [3.05, 3.63) is 71.8 Å². The maximum Gasteiger partial charge on any atom is 0.326 e. The van der Waals surface area contributed by atoms with Crippen LogP contribution in [0.2, 0.25) is 0 Å². The summed E-state index contributed by atoms with van der Waals surface area (Å²) in [6.45, 7) is 1.54. The molecular formula is C20H20N2O4. The van der Waals surface area contributed by atoms with Gasteiger partial charge in [0.05, 0.1) is 6.54 Å². The van der Waals surface area contributed by atoms with Crippen molar-refractivity contribution in [2.45, 2.75) is 19.1 Å². The van der Waals surface area contributed by atoms with Gasteiger partial charge in [-0.05, 0) is 11.1 Å². The topological polar surface area (TPSA) is 75.7 Å². The Balaban J connectivity index is 1.65. The summed E-state index contributed by atoms with van der Waals surface area (Å²) in [7, 11) is 0. The number of hydrogen-bond acceptors (Lipinski definition) is 4. The molecule has 0 spiro atoms.